The van der Waals surface area contributed by atoms with Gasteiger partial charge in [-0.25, -0.2) is 9.18 Å². The number of hydrogen-bond acceptors (Lipinski definition) is 5. The SMILES string of the molecule is CCn1c(=O)c2cc(OC)c(OC)cc2n(CC(=O)Nc2ccc(F)cc2)c1=O. The Balaban J connectivity index is 2.12. The Morgan fingerprint density at radius 3 is 2.24 bits per heavy atom. The fraction of sp³-hybridized carbons (Fsp3) is 0.250. The van der Waals surface area contributed by atoms with Gasteiger partial charge in [0, 0.05) is 18.3 Å². The van der Waals surface area contributed by atoms with Crippen molar-refractivity contribution in [3.8, 4) is 11.5 Å². The van der Waals surface area contributed by atoms with Crippen LogP contribution in [0.25, 0.3) is 10.9 Å². The summed E-state index contributed by atoms with van der Waals surface area (Å²) in [5.74, 6) is -0.279. The Morgan fingerprint density at radius 2 is 1.66 bits per heavy atom. The molecule has 0 atom stereocenters. The Labute approximate surface area is 165 Å². The molecule has 1 aromatic heterocycles. The highest BCUT2D eigenvalue weighted by molar-refractivity contribution is 5.92. The fourth-order valence-corrected chi connectivity index (χ4v) is 3.05. The van der Waals surface area contributed by atoms with Gasteiger partial charge in [0.1, 0.15) is 12.4 Å². The topological polar surface area (TPSA) is 91.6 Å². The highest BCUT2D eigenvalue weighted by Gasteiger charge is 2.18. The maximum absolute atomic E-state index is 13.0. The highest BCUT2D eigenvalue weighted by atomic mass is 19.1. The van der Waals surface area contributed by atoms with Gasteiger partial charge in [0.25, 0.3) is 5.56 Å². The van der Waals surface area contributed by atoms with E-state index in [1.165, 1.54) is 55.2 Å². The van der Waals surface area contributed by atoms with Gasteiger partial charge in [0.05, 0.1) is 25.1 Å². The number of fused-ring (bicyclic) bond motifs is 1. The van der Waals surface area contributed by atoms with Crippen molar-refractivity contribution in [3.63, 3.8) is 0 Å². The third kappa shape index (κ3) is 3.84. The molecule has 29 heavy (non-hydrogen) atoms. The second kappa shape index (κ2) is 8.17. The van der Waals surface area contributed by atoms with Gasteiger partial charge in [-0.2, -0.15) is 0 Å². The number of carbonyl (C=O) groups is 1. The molecule has 1 amide bonds. The van der Waals surface area contributed by atoms with E-state index in [-0.39, 0.29) is 24.0 Å². The van der Waals surface area contributed by atoms with E-state index in [4.69, 9.17) is 9.47 Å². The van der Waals surface area contributed by atoms with Crippen LogP contribution >= 0.6 is 0 Å². The van der Waals surface area contributed by atoms with E-state index in [2.05, 4.69) is 5.32 Å². The van der Waals surface area contributed by atoms with Gasteiger partial charge in [-0.3, -0.25) is 18.7 Å². The van der Waals surface area contributed by atoms with Gasteiger partial charge in [-0.1, -0.05) is 0 Å². The van der Waals surface area contributed by atoms with E-state index in [1.807, 2.05) is 0 Å². The largest absolute Gasteiger partial charge is 0.493 e. The summed E-state index contributed by atoms with van der Waals surface area (Å²) < 4.78 is 25.8. The Hall–Kier alpha value is -3.62. The quantitative estimate of drug-likeness (QED) is 0.682. The number of carbonyl (C=O) groups excluding carboxylic acids is 1. The van der Waals surface area contributed by atoms with Crippen LogP contribution in [-0.2, 0) is 17.9 Å². The molecule has 0 saturated heterocycles. The molecule has 9 heteroatoms. The van der Waals surface area contributed by atoms with Gasteiger partial charge in [-0.15, -0.1) is 0 Å². The zero-order chi connectivity index (χ0) is 21.1. The third-order valence-corrected chi connectivity index (χ3v) is 4.48. The van der Waals surface area contributed by atoms with Gasteiger partial charge in [0.2, 0.25) is 5.91 Å². The number of benzene rings is 2. The van der Waals surface area contributed by atoms with E-state index in [1.54, 1.807) is 6.92 Å². The number of methoxy groups -OCH3 is 2. The lowest BCUT2D eigenvalue weighted by molar-refractivity contribution is -0.116. The minimum Gasteiger partial charge on any atom is -0.493 e. The molecule has 3 aromatic rings. The Morgan fingerprint density at radius 1 is 1.03 bits per heavy atom. The first-order valence-corrected chi connectivity index (χ1v) is 8.84. The first-order chi connectivity index (χ1) is 13.9. The second-order valence-corrected chi connectivity index (χ2v) is 6.20. The molecular weight excluding hydrogens is 381 g/mol. The van der Waals surface area contributed by atoms with Gasteiger partial charge in [0.15, 0.2) is 11.5 Å². The molecule has 3 rings (SSSR count). The van der Waals surface area contributed by atoms with Crippen molar-refractivity contribution < 1.29 is 18.7 Å². The maximum atomic E-state index is 13.0. The lowest BCUT2D eigenvalue weighted by Gasteiger charge is -2.15. The number of halogens is 1. The summed E-state index contributed by atoms with van der Waals surface area (Å²) in [5, 5.41) is 2.83. The monoisotopic (exact) mass is 401 g/mol. The van der Waals surface area contributed by atoms with Crippen molar-refractivity contribution in [1.29, 1.82) is 0 Å². The second-order valence-electron chi connectivity index (χ2n) is 6.20. The van der Waals surface area contributed by atoms with Crippen LogP contribution in [-0.4, -0.2) is 29.3 Å². The van der Waals surface area contributed by atoms with Gasteiger partial charge >= 0.3 is 5.69 Å². The van der Waals surface area contributed by atoms with Crippen LogP contribution in [0.3, 0.4) is 0 Å². The van der Waals surface area contributed by atoms with Crippen molar-refractivity contribution >= 4 is 22.5 Å². The third-order valence-electron chi connectivity index (χ3n) is 4.48. The molecule has 152 valence electrons. The number of rotatable bonds is 6. The molecule has 0 aliphatic carbocycles. The number of hydrogen-bond donors (Lipinski definition) is 1. The lowest BCUT2D eigenvalue weighted by atomic mass is 10.2. The molecular formula is C20H20FN3O5. The summed E-state index contributed by atoms with van der Waals surface area (Å²) >= 11 is 0. The molecule has 8 nitrogen and oxygen atoms in total. The summed E-state index contributed by atoms with van der Waals surface area (Å²) in [7, 11) is 2.87. The Bertz CT molecular complexity index is 1180. The number of anilines is 1. The maximum Gasteiger partial charge on any atom is 0.331 e. The number of aromatic nitrogens is 2. The van der Waals surface area contributed by atoms with Crippen molar-refractivity contribution in [1.82, 2.24) is 9.13 Å². The summed E-state index contributed by atoms with van der Waals surface area (Å²) in [4.78, 5) is 38.1. The highest BCUT2D eigenvalue weighted by Crippen LogP contribution is 2.30. The minimum absolute atomic E-state index is 0.140. The number of amides is 1. The summed E-state index contributed by atoms with van der Waals surface area (Å²) in [5.41, 5.74) is -0.469. The van der Waals surface area contributed by atoms with Crippen LogP contribution in [0.4, 0.5) is 10.1 Å². The minimum atomic E-state index is -0.619. The predicted octanol–water partition coefficient (Wildman–Crippen LogP) is 1.98. The summed E-state index contributed by atoms with van der Waals surface area (Å²) in [6.07, 6.45) is 0. The zero-order valence-corrected chi connectivity index (χ0v) is 16.2. The average Bonchev–Trinajstić information content (AvgIpc) is 2.72. The first kappa shape index (κ1) is 20.1. The average molecular weight is 401 g/mol. The van der Waals surface area contributed by atoms with Crippen LogP contribution in [0.5, 0.6) is 11.5 Å². The van der Waals surface area contributed by atoms with Crippen LogP contribution in [0, 0.1) is 5.82 Å². The molecule has 0 unspecified atom stereocenters. The predicted molar refractivity (Wildman–Crippen MR) is 106 cm³/mol. The molecule has 1 heterocycles. The van der Waals surface area contributed by atoms with E-state index in [0.29, 0.717) is 17.2 Å². The molecule has 2 aromatic carbocycles. The number of nitrogens with zero attached hydrogens (tertiary/aromatic N) is 2. The summed E-state index contributed by atoms with van der Waals surface area (Å²) in [6.45, 7) is 1.46. The van der Waals surface area contributed by atoms with Crippen LogP contribution in [0.15, 0.2) is 46.0 Å². The fourth-order valence-electron chi connectivity index (χ4n) is 3.05. The molecule has 0 fully saturated rings. The Kier molecular flexibility index (Phi) is 5.67. The van der Waals surface area contributed by atoms with E-state index in [9.17, 15) is 18.8 Å². The van der Waals surface area contributed by atoms with Crippen molar-refractivity contribution in [2.45, 2.75) is 20.0 Å². The van der Waals surface area contributed by atoms with Gasteiger partial charge in [-0.05, 0) is 37.3 Å². The van der Waals surface area contributed by atoms with Crippen molar-refractivity contribution in [2.75, 3.05) is 19.5 Å². The molecule has 0 spiro atoms. The first-order valence-electron chi connectivity index (χ1n) is 8.84. The van der Waals surface area contributed by atoms with E-state index >= 15 is 0 Å². The number of nitrogens with one attached hydrogen (secondary N) is 1. The van der Waals surface area contributed by atoms with Crippen molar-refractivity contribution in [3.05, 3.63) is 63.1 Å². The normalized spacial score (nSPS) is 10.8. The van der Waals surface area contributed by atoms with E-state index in [0.717, 1.165) is 4.57 Å². The summed E-state index contributed by atoms with van der Waals surface area (Å²) in [6, 6.07) is 8.22. The standard InChI is InChI=1S/C20H20FN3O5/c1-4-23-19(26)14-9-16(28-2)17(29-3)10-15(14)24(20(23)27)11-18(25)22-13-7-5-12(21)6-8-13/h5-10H,4,11H2,1-3H3,(H,22,25). The molecule has 0 aliphatic heterocycles. The molecule has 1 N–H and O–H groups in total. The smallest absolute Gasteiger partial charge is 0.331 e. The molecule has 0 aliphatic rings. The molecule has 0 saturated carbocycles. The lowest BCUT2D eigenvalue weighted by Crippen LogP contribution is -2.41. The van der Waals surface area contributed by atoms with Crippen molar-refractivity contribution in [2.24, 2.45) is 0 Å². The van der Waals surface area contributed by atoms with Crippen LogP contribution in [0.2, 0.25) is 0 Å². The number of ether oxygens (including phenoxy) is 2. The van der Waals surface area contributed by atoms with Gasteiger partial charge < -0.3 is 14.8 Å². The van der Waals surface area contributed by atoms with Crippen LogP contribution < -0.4 is 26.0 Å². The zero-order valence-electron chi connectivity index (χ0n) is 16.2. The molecule has 0 bridgehead atoms. The molecule has 0 radical (unpaired) electrons. The van der Waals surface area contributed by atoms with E-state index < -0.39 is 23.0 Å². The van der Waals surface area contributed by atoms with Crippen LogP contribution in [0.1, 0.15) is 6.92 Å².